The van der Waals surface area contributed by atoms with Gasteiger partial charge in [-0.2, -0.15) is 0 Å². The molecule has 0 aliphatic carbocycles. The summed E-state index contributed by atoms with van der Waals surface area (Å²) in [6, 6.07) is 12.0. The van der Waals surface area contributed by atoms with Gasteiger partial charge in [0.2, 0.25) is 5.91 Å². The van der Waals surface area contributed by atoms with Crippen LogP contribution in [-0.2, 0) is 9.59 Å². The molecule has 2 aromatic rings. The number of hydrogen-bond donors (Lipinski definition) is 1. The molecule has 2 aromatic carbocycles. The molecule has 0 aromatic heterocycles. The summed E-state index contributed by atoms with van der Waals surface area (Å²) in [5.41, 5.74) is 1.00. The number of carboxylic acids is 1. The third-order valence-corrected chi connectivity index (χ3v) is 5.33. The molecule has 1 saturated heterocycles. The Morgan fingerprint density at radius 3 is 2.46 bits per heavy atom. The van der Waals surface area contributed by atoms with Gasteiger partial charge < -0.3 is 14.7 Å². The molecule has 1 atom stereocenters. The zero-order valence-electron chi connectivity index (χ0n) is 15.3. The van der Waals surface area contributed by atoms with Crippen molar-refractivity contribution in [2.24, 2.45) is 5.92 Å². The molecule has 3 rings (SSSR count). The zero-order chi connectivity index (χ0) is 18.7. The van der Waals surface area contributed by atoms with Gasteiger partial charge in [0, 0.05) is 19.5 Å². The van der Waals surface area contributed by atoms with Crippen LogP contribution in [0.3, 0.4) is 0 Å². The molecule has 1 heterocycles. The molecule has 1 aliphatic heterocycles. The van der Waals surface area contributed by atoms with Crippen molar-refractivity contribution in [2.75, 3.05) is 20.2 Å². The average Bonchev–Trinajstić information content (AvgIpc) is 2.66. The number of amides is 1. The third kappa shape index (κ3) is 3.98. The summed E-state index contributed by atoms with van der Waals surface area (Å²) in [5.74, 6) is 0.154. The minimum Gasteiger partial charge on any atom is -0.497 e. The van der Waals surface area contributed by atoms with E-state index in [-0.39, 0.29) is 24.2 Å². The Morgan fingerprint density at radius 2 is 1.81 bits per heavy atom. The van der Waals surface area contributed by atoms with Crippen LogP contribution in [0.15, 0.2) is 36.4 Å². The second kappa shape index (κ2) is 7.77. The number of piperidine rings is 1. The number of methoxy groups -OCH3 is 1. The molecule has 0 bridgehead atoms. The van der Waals surface area contributed by atoms with Crippen molar-refractivity contribution in [3.8, 4) is 5.75 Å². The molecule has 138 valence electrons. The van der Waals surface area contributed by atoms with Gasteiger partial charge in [-0.05, 0) is 54.2 Å². The number of carbonyl (C=O) groups is 2. The first kappa shape index (κ1) is 18.2. The minimum absolute atomic E-state index is 0.117. The first-order valence-corrected chi connectivity index (χ1v) is 9.06. The van der Waals surface area contributed by atoms with E-state index in [2.05, 4.69) is 6.07 Å². The van der Waals surface area contributed by atoms with E-state index in [1.165, 1.54) is 0 Å². The van der Waals surface area contributed by atoms with Crippen molar-refractivity contribution in [3.05, 3.63) is 42.0 Å². The minimum atomic E-state index is -0.754. The first-order chi connectivity index (χ1) is 12.5. The Balaban J connectivity index is 1.68. The zero-order valence-corrected chi connectivity index (χ0v) is 15.3. The Kier molecular flexibility index (Phi) is 5.45. The van der Waals surface area contributed by atoms with Crippen LogP contribution in [0, 0.1) is 5.92 Å². The Morgan fingerprint density at radius 1 is 1.15 bits per heavy atom. The predicted molar refractivity (Wildman–Crippen MR) is 100 cm³/mol. The molecule has 5 nitrogen and oxygen atoms in total. The lowest BCUT2D eigenvalue weighted by atomic mass is 9.91. The maximum Gasteiger partial charge on any atom is 0.303 e. The fraction of sp³-hybridized carbons (Fsp3) is 0.429. The number of likely N-dealkylation sites (tertiary alicyclic amines) is 1. The van der Waals surface area contributed by atoms with Crippen molar-refractivity contribution < 1.29 is 19.4 Å². The van der Waals surface area contributed by atoms with Gasteiger partial charge in [-0.25, -0.2) is 0 Å². The lowest BCUT2D eigenvalue weighted by Gasteiger charge is -2.33. The van der Waals surface area contributed by atoms with Gasteiger partial charge in [0.25, 0.3) is 0 Å². The first-order valence-electron chi connectivity index (χ1n) is 9.06. The van der Waals surface area contributed by atoms with E-state index in [4.69, 9.17) is 9.84 Å². The van der Waals surface area contributed by atoms with Gasteiger partial charge in [0.1, 0.15) is 5.75 Å². The summed E-state index contributed by atoms with van der Waals surface area (Å²) in [4.78, 5) is 25.6. The lowest BCUT2D eigenvalue weighted by Crippen LogP contribution is -2.40. The Labute approximate surface area is 153 Å². The second-order valence-electron chi connectivity index (χ2n) is 7.06. The lowest BCUT2D eigenvalue weighted by molar-refractivity contribution is -0.138. The van der Waals surface area contributed by atoms with Crippen LogP contribution in [0.4, 0.5) is 0 Å². The molecule has 1 N–H and O–H groups in total. The predicted octanol–water partition coefficient (Wildman–Crippen LogP) is 3.67. The quantitative estimate of drug-likeness (QED) is 0.889. The van der Waals surface area contributed by atoms with Gasteiger partial charge in [-0.1, -0.05) is 24.3 Å². The number of carboxylic acid groups (broad SMARTS) is 1. The van der Waals surface area contributed by atoms with E-state index in [0.29, 0.717) is 13.1 Å². The topological polar surface area (TPSA) is 66.8 Å². The molecule has 1 fully saturated rings. The second-order valence-corrected chi connectivity index (χ2v) is 7.06. The molecule has 5 heteroatoms. The van der Waals surface area contributed by atoms with E-state index in [1.807, 2.05) is 42.2 Å². The van der Waals surface area contributed by atoms with Crippen molar-refractivity contribution >= 4 is 22.6 Å². The van der Waals surface area contributed by atoms with Gasteiger partial charge in [-0.3, -0.25) is 9.59 Å². The molecular weight excluding hydrogens is 330 g/mol. The highest BCUT2D eigenvalue weighted by atomic mass is 16.5. The number of aliphatic carboxylic acids is 1. The van der Waals surface area contributed by atoms with Crippen LogP contribution in [0.1, 0.15) is 37.7 Å². The number of benzene rings is 2. The van der Waals surface area contributed by atoms with E-state index in [9.17, 15) is 9.59 Å². The monoisotopic (exact) mass is 355 g/mol. The van der Waals surface area contributed by atoms with Crippen LogP contribution < -0.4 is 4.74 Å². The van der Waals surface area contributed by atoms with Crippen LogP contribution in [0.25, 0.3) is 10.8 Å². The Bertz CT molecular complexity index is 809. The summed E-state index contributed by atoms with van der Waals surface area (Å²) in [7, 11) is 1.65. The molecule has 1 amide bonds. The number of fused-ring (bicyclic) bond motifs is 1. The molecule has 1 aliphatic rings. The summed E-state index contributed by atoms with van der Waals surface area (Å²) in [6.07, 6.45) is 1.73. The van der Waals surface area contributed by atoms with E-state index in [0.717, 1.165) is 34.9 Å². The Hall–Kier alpha value is -2.56. The largest absolute Gasteiger partial charge is 0.497 e. The third-order valence-electron chi connectivity index (χ3n) is 5.33. The van der Waals surface area contributed by atoms with Gasteiger partial charge >= 0.3 is 5.97 Å². The highest BCUT2D eigenvalue weighted by molar-refractivity contribution is 5.88. The maximum atomic E-state index is 12.9. The van der Waals surface area contributed by atoms with Crippen molar-refractivity contribution in [1.82, 2.24) is 4.90 Å². The van der Waals surface area contributed by atoms with Gasteiger partial charge in [0.05, 0.1) is 13.0 Å². The van der Waals surface area contributed by atoms with Crippen LogP contribution in [0.5, 0.6) is 5.75 Å². The SMILES string of the molecule is COc1ccc2cc([C@H](C)C(=O)N3CCC(CC(=O)O)CC3)ccc2c1. The van der Waals surface area contributed by atoms with Crippen LogP contribution in [0.2, 0.25) is 0 Å². The molecule has 0 saturated carbocycles. The van der Waals surface area contributed by atoms with Crippen LogP contribution >= 0.6 is 0 Å². The fourth-order valence-corrected chi connectivity index (χ4v) is 3.66. The average molecular weight is 355 g/mol. The summed E-state index contributed by atoms with van der Waals surface area (Å²) < 4.78 is 5.25. The molecule has 0 unspecified atom stereocenters. The molecule has 0 radical (unpaired) electrons. The van der Waals surface area contributed by atoms with Gasteiger partial charge in [-0.15, -0.1) is 0 Å². The van der Waals surface area contributed by atoms with E-state index < -0.39 is 5.97 Å². The normalized spacial score (nSPS) is 16.5. The van der Waals surface area contributed by atoms with Crippen molar-refractivity contribution in [2.45, 2.75) is 32.1 Å². The van der Waals surface area contributed by atoms with E-state index in [1.54, 1.807) is 7.11 Å². The van der Waals surface area contributed by atoms with Crippen molar-refractivity contribution in [1.29, 1.82) is 0 Å². The summed E-state index contributed by atoms with van der Waals surface area (Å²) in [5, 5.41) is 11.1. The molecular formula is C21H25NO4. The molecule has 26 heavy (non-hydrogen) atoms. The highest BCUT2D eigenvalue weighted by Gasteiger charge is 2.27. The number of hydrogen-bond acceptors (Lipinski definition) is 3. The van der Waals surface area contributed by atoms with Crippen LogP contribution in [-0.4, -0.2) is 42.1 Å². The van der Waals surface area contributed by atoms with E-state index >= 15 is 0 Å². The van der Waals surface area contributed by atoms with Crippen molar-refractivity contribution in [3.63, 3.8) is 0 Å². The molecule has 0 spiro atoms. The smallest absolute Gasteiger partial charge is 0.303 e. The number of ether oxygens (including phenoxy) is 1. The summed E-state index contributed by atoms with van der Waals surface area (Å²) >= 11 is 0. The highest BCUT2D eigenvalue weighted by Crippen LogP contribution is 2.28. The maximum absolute atomic E-state index is 12.9. The summed E-state index contributed by atoms with van der Waals surface area (Å²) in [6.45, 7) is 3.23. The standard InChI is InChI=1S/C21H25NO4/c1-14(21(25)22-9-7-15(8-10-22)11-20(23)24)16-3-4-18-13-19(26-2)6-5-17(18)12-16/h3-6,12-15H,7-11H2,1-2H3,(H,23,24)/t14-/m0/s1. The number of rotatable bonds is 5. The number of nitrogens with zero attached hydrogens (tertiary/aromatic N) is 1. The fourth-order valence-electron chi connectivity index (χ4n) is 3.66. The van der Waals surface area contributed by atoms with Gasteiger partial charge in [0.15, 0.2) is 0 Å². The number of carbonyl (C=O) groups excluding carboxylic acids is 1.